The van der Waals surface area contributed by atoms with E-state index in [-0.39, 0.29) is 30.4 Å². The molecule has 0 aromatic carbocycles. The molecule has 0 aliphatic carbocycles. The third kappa shape index (κ3) is 13.2. The van der Waals surface area contributed by atoms with E-state index in [1.54, 1.807) is 0 Å². The van der Waals surface area contributed by atoms with E-state index in [0.29, 0.717) is 32.2 Å². The second-order valence-electron chi connectivity index (χ2n) is 7.23. The number of nitrogens with two attached hydrogens (primary N) is 4. The van der Waals surface area contributed by atoms with Crippen LogP contribution in [0.5, 0.6) is 0 Å². The predicted molar refractivity (Wildman–Crippen MR) is 132 cm³/mol. The van der Waals surface area contributed by atoms with Crippen LogP contribution < -0.4 is 38.9 Å². The van der Waals surface area contributed by atoms with Crippen molar-refractivity contribution in [1.29, 1.82) is 0 Å². The van der Waals surface area contributed by atoms with Gasteiger partial charge in [0, 0.05) is 18.1 Å². The van der Waals surface area contributed by atoms with Crippen molar-refractivity contribution in [2.24, 2.45) is 27.9 Å². The Bertz CT molecular complexity index is 678. The Morgan fingerprint density at radius 1 is 0.818 bits per heavy atom. The van der Waals surface area contributed by atoms with Gasteiger partial charge >= 0.3 is 5.97 Å². The van der Waals surface area contributed by atoms with E-state index in [4.69, 9.17) is 28.0 Å². The van der Waals surface area contributed by atoms with Crippen LogP contribution in [0.25, 0.3) is 0 Å². The van der Waals surface area contributed by atoms with Gasteiger partial charge in [-0.3, -0.25) is 19.4 Å². The van der Waals surface area contributed by atoms with Gasteiger partial charge in [-0.15, -0.1) is 0 Å². The fourth-order valence-corrected chi connectivity index (χ4v) is 3.12. The first-order chi connectivity index (χ1) is 15.6. The molecule has 0 heterocycles. The summed E-state index contributed by atoms with van der Waals surface area (Å²) in [7, 11) is 0. The van der Waals surface area contributed by atoms with Crippen LogP contribution in [0, 0.1) is 0 Å². The van der Waals surface area contributed by atoms with Crippen molar-refractivity contribution in [3.05, 3.63) is 0 Å². The Balaban J connectivity index is 5.22. The Labute approximate surface area is 204 Å². The molecule has 0 rings (SSSR count). The summed E-state index contributed by atoms with van der Waals surface area (Å²) < 4.78 is 0. The van der Waals surface area contributed by atoms with Gasteiger partial charge in [0.15, 0.2) is 5.96 Å². The highest BCUT2D eigenvalue weighted by Crippen LogP contribution is 2.04. The summed E-state index contributed by atoms with van der Waals surface area (Å²) >= 11 is 7.94. The molecular formula is C18H36N8O5S2. The number of carbonyl (C=O) groups is 4. The molecule has 0 fully saturated rings. The number of nitrogens with zero attached hydrogens (tertiary/aromatic N) is 1. The van der Waals surface area contributed by atoms with E-state index in [1.165, 1.54) is 0 Å². The lowest BCUT2D eigenvalue weighted by atomic mass is 10.1. The molecule has 0 radical (unpaired) electrons. The number of hydrogen-bond donors (Lipinski definition) is 10. The standard InChI is InChI=1S/C18H36N8O5S2/c19-6-2-1-4-10(20)14(27)24-11(5-3-7-23-18(21)22)15(28)25-12(8-32)16(29)26-13(9-33)17(30)31/h10-13,32-33H,1-9,19-20H2,(H,24,27)(H,25,28)(H,26,29)(H,30,31)(H4,21,22,23). The molecule has 33 heavy (non-hydrogen) atoms. The molecule has 3 amide bonds. The SMILES string of the molecule is NCCCCC(N)C(=O)NC(CCCN=C(N)N)C(=O)NC(CS)C(=O)NC(CS)C(=O)O. The maximum atomic E-state index is 12.8. The molecule has 12 N–H and O–H groups in total. The van der Waals surface area contributed by atoms with Crippen LogP contribution in [-0.2, 0) is 19.2 Å². The summed E-state index contributed by atoms with van der Waals surface area (Å²) in [4.78, 5) is 52.6. The zero-order valence-electron chi connectivity index (χ0n) is 18.4. The number of amides is 3. The van der Waals surface area contributed by atoms with Crippen molar-refractivity contribution in [3.8, 4) is 0 Å². The average molecular weight is 509 g/mol. The highest BCUT2D eigenvalue weighted by Gasteiger charge is 2.29. The zero-order chi connectivity index (χ0) is 25.4. The number of unbranched alkanes of at least 4 members (excludes halogenated alkanes) is 1. The number of carbonyl (C=O) groups excluding carboxylic acids is 3. The van der Waals surface area contributed by atoms with Gasteiger partial charge in [-0.05, 0) is 32.2 Å². The molecule has 190 valence electrons. The molecule has 0 aliphatic heterocycles. The number of carboxylic acid groups (broad SMARTS) is 1. The number of aliphatic carboxylic acids is 1. The van der Waals surface area contributed by atoms with Crippen molar-refractivity contribution < 1.29 is 24.3 Å². The summed E-state index contributed by atoms with van der Waals surface area (Å²) in [6.45, 7) is 0.705. The lowest BCUT2D eigenvalue weighted by Crippen LogP contribution is -2.57. The Morgan fingerprint density at radius 3 is 1.88 bits per heavy atom. The predicted octanol–water partition coefficient (Wildman–Crippen LogP) is -3.11. The minimum absolute atomic E-state index is 0.106. The molecule has 15 heteroatoms. The number of guanidine groups is 1. The Kier molecular flexibility index (Phi) is 16.1. The summed E-state index contributed by atoms with van der Waals surface area (Å²) in [6.07, 6.45) is 2.29. The molecule has 0 bridgehead atoms. The molecule has 0 aliphatic rings. The fourth-order valence-electron chi connectivity index (χ4n) is 2.62. The van der Waals surface area contributed by atoms with Crippen LogP contribution in [0.3, 0.4) is 0 Å². The maximum Gasteiger partial charge on any atom is 0.327 e. The maximum absolute atomic E-state index is 12.8. The van der Waals surface area contributed by atoms with Crippen LogP contribution in [0.1, 0.15) is 32.1 Å². The average Bonchev–Trinajstić information content (AvgIpc) is 2.76. The van der Waals surface area contributed by atoms with E-state index in [9.17, 15) is 19.2 Å². The van der Waals surface area contributed by atoms with E-state index < -0.39 is 47.9 Å². The van der Waals surface area contributed by atoms with Crippen molar-refractivity contribution in [1.82, 2.24) is 16.0 Å². The molecular weight excluding hydrogens is 472 g/mol. The van der Waals surface area contributed by atoms with Crippen LogP contribution in [-0.4, -0.2) is 83.5 Å². The highest BCUT2D eigenvalue weighted by atomic mass is 32.1. The fraction of sp³-hybridized carbons (Fsp3) is 0.722. The number of carboxylic acids is 1. The lowest BCUT2D eigenvalue weighted by molar-refractivity contribution is -0.141. The molecule has 0 aromatic heterocycles. The minimum atomic E-state index is -1.27. The third-order valence-corrected chi connectivity index (χ3v) is 5.23. The molecule has 0 saturated heterocycles. The lowest BCUT2D eigenvalue weighted by Gasteiger charge is -2.24. The van der Waals surface area contributed by atoms with Gasteiger partial charge in [0.05, 0.1) is 6.04 Å². The summed E-state index contributed by atoms with van der Waals surface area (Å²) in [6, 6.07) is -4.23. The second kappa shape index (κ2) is 17.3. The largest absolute Gasteiger partial charge is 0.480 e. The number of aliphatic imine (C=N–C) groups is 1. The van der Waals surface area contributed by atoms with E-state index in [0.717, 1.165) is 0 Å². The van der Waals surface area contributed by atoms with Gasteiger partial charge in [-0.1, -0.05) is 6.42 Å². The van der Waals surface area contributed by atoms with E-state index in [1.807, 2.05) is 0 Å². The number of hydrogen-bond acceptors (Lipinski definition) is 9. The topological polar surface area (TPSA) is 241 Å². The Morgan fingerprint density at radius 2 is 1.36 bits per heavy atom. The summed E-state index contributed by atoms with van der Waals surface area (Å²) in [5.41, 5.74) is 21.9. The second-order valence-corrected chi connectivity index (χ2v) is 7.96. The smallest absolute Gasteiger partial charge is 0.327 e. The van der Waals surface area contributed by atoms with Crippen LogP contribution >= 0.6 is 25.3 Å². The van der Waals surface area contributed by atoms with Crippen molar-refractivity contribution in [2.45, 2.75) is 56.3 Å². The van der Waals surface area contributed by atoms with Gasteiger partial charge in [0.25, 0.3) is 0 Å². The number of rotatable bonds is 17. The molecule has 4 unspecified atom stereocenters. The monoisotopic (exact) mass is 508 g/mol. The van der Waals surface area contributed by atoms with Gasteiger partial charge < -0.3 is 44.0 Å². The van der Waals surface area contributed by atoms with Crippen LogP contribution in [0.2, 0.25) is 0 Å². The highest BCUT2D eigenvalue weighted by molar-refractivity contribution is 7.80. The minimum Gasteiger partial charge on any atom is -0.480 e. The van der Waals surface area contributed by atoms with E-state index in [2.05, 4.69) is 46.2 Å². The molecule has 0 saturated carbocycles. The van der Waals surface area contributed by atoms with Crippen LogP contribution in [0.15, 0.2) is 4.99 Å². The van der Waals surface area contributed by atoms with Gasteiger partial charge in [0.1, 0.15) is 18.1 Å². The first-order valence-corrected chi connectivity index (χ1v) is 11.7. The van der Waals surface area contributed by atoms with Crippen molar-refractivity contribution in [3.63, 3.8) is 0 Å². The summed E-state index contributed by atoms with van der Waals surface area (Å²) in [5.74, 6) is -3.55. The van der Waals surface area contributed by atoms with Gasteiger partial charge in [-0.2, -0.15) is 25.3 Å². The quantitative estimate of drug-likeness (QED) is 0.0413. The molecule has 0 aromatic rings. The zero-order valence-corrected chi connectivity index (χ0v) is 20.2. The van der Waals surface area contributed by atoms with Gasteiger partial charge in [-0.25, -0.2) is 4.79 Å². The third-order valence-electron chi connectivity index (χ3n) is 4.50. The first kappa shape index (κ1) is 30.8. The van der Waals surface area contributed by atoms with Crippen LogP contribution in [0.4, 0.5) is 0 Å². The van der Waals surface area contributed by atoms with Gasteiger partial charge in [0.2, 0.25) is 17.7 Å². The van der Waals surface area contributed by atoms with E-state index >= 15 is 0 Å². The first-order valence-electron chi connectivity index (χ1n) is 10.4. The normalized spacial score (nSPS) is 14.3. The molecule has 13 nitrogen and oxygen atoms in total. The Hall–Kier alpha value is -2.23. The number of nitrogens with one attached hydrogen (secondary N) is 3. The van der Waals surface area contributed by atoms with Crippen molar-refractivity contribution >= 4 is 54.9 Å². The van der Waals surface area contributed by atoms with Crippen molar-refractivity contribution in [2.75, 3.05) is 24.6 Å². The molecule has 4 atom stereocenters. The molecule has 0 spiro atoms. The number of thiol groups is 2. The summed E-state index contributed by atoms with van der Waals surface area (Å²) in [5, 5.41) is 16.4.